The van der Waals surface area contributed by atoms with Gasteiger partial charge in [-0.2, -0.15) is 0 Å². The summed E-state index contributed by atoms with van der Waals surface area (Å²) in [5.74, 6) is 0. The lowest BCUT2D eigenvalue weighted by atomic mass is 10.0. The van der Waals surface area contributed by atoms with Crippen LogP contribution in [0.5, 0.6) is 0 Å². The van der Waals surface area contributed by atoms with E-state index in [-0.39, 0.29) is 0 Å². The van der Waals surface area contributed by atoms with E-state index >= 15 is 0 Å². The average Bonchev–Trinajstić information content (AvgIpc) is 2.97. The quantitative estimate of drug-likeness (QED) is 0.0524. The summed E-state index contributed by atoms with van der Waals surface area (Å²) in [6, 6.07) is 0. The first kappa shape index (κ1) is 39.7. The van der Waals surface area contributed by atoms with Gasteiger partial charge in [-0.15, -0.1) is 6.58 Å². The van der Waals surface area contributed by atoms with Crippen LogP contribution in [0.25, 0.3) is 0 Å². The van der Waals surface area contributed by atoms with Crippen molar-refractivity contribution in [2.45, 2.75) is 238 Å². The Labute approximate surface area is 256 Å². The molecule has 239 valence electrons. The van der Waals surface area contributed by atoms with Crippen LogP contribution in [0.15, 0.2) is 12.7 Å². The van der Waals surface area contributed by atoms with Crippen molar-refractivity contribution in [3.63, 3.8) is 0 Å². The lowest BCUT2D eigenvalue weighted by Gasteiger charge is -2.05. The van der Waals surface area contributed by atoms with Crippen LogP contribution in [-0.2, 0) is 0 Å². The normalized spacial score (nSPS) is 11.4. The maximum absolute atomic E-state index is 3.93. The number of hydrogen-bond donors (Lipinski definition) is 0. The van der Waals surface area contributed by atoms with Gasteiger partial charge in [-0.1, -0.05) is 238 Å². The van der Waals surface area contributed by atoms with Crippen LogP contribution in [-0.4, -0.2) is 0 Å². The smallest absolute Gasteiger partial charge is 0.0353 e. The van der Waals surface area contributed by atoms with E-state index in [2.05, 4.69) is 19.6 Å². The van der Waals surface area contributed by atoms with Gasteiger partial charge in [0.2, 0.25) is 0 Å². The molecular formula is C40H79. The van der Waals surface area contributed by atoms with Crippen molar-refractivity contribution >= 4 is 0 Å². The summed E-state index contributed by atoms with van der Waals surface area (Å²) in [7, 11) is 0. The van der Waals surface area contributed by atoms with E-state index in [4.69, 9.17) is 0 Å². The zero-order valence-corrected chi connectivity index (χ0v) is 28.2. The van der Waals surface area contributed by atoms with Gasteiger partial charge in [0.25, 0.3) is 0 Å². The third kappa shape index (κ3) is 37.7. The van der Waals surface area contributed by atoms with Gasteiger partial charge in [0.15, 0.2) is 0 Å². The molecule has 1 radical (unpaired) electrons. The van der Waals surface area contributed by atoms with Gasteiger partial charge in [0, 0.05) is 0 Å². The predicted octanol–water partition coefficient (Wildman–Crippen LogP) is 15.4. The fourth-order valence-electron chi connectivity index (χ4n) is 6.30. The number of rotatable bonds is 37. The molecule has 0 aromatic carbocycles. The molecule has 0 aliphatic carbocycles. The van der Waals surface area contributed by atoms with Crippen LogP contribution in [0.2, 0.25) is 0 Å². The zero-order chi connectivity index (χ0) is 28.9. The molecule has 0 nitrogen and oxygen atoms in total. The van der Waals surface area contributed by atoms with Crippen molar-refractivity contribution in [1.29, 1.82) is 0 Å². The molecule has 0 heterocycles. The second-order valence-corrected chi connectivity index (χ2v) is 13.3. The standard InChI is InChI=1S/C40H79/c1-3-5-7-9-11-13-15-17-19-21-23-25-27-29-31-33-35-37-39-40-38-36-34-32-30-28-26-24-22-20-18-16-14-12-10-8-6-4-2/h3H,1-2,4-40H2. The fraction of sp³-hybridized carbons (Fsp3) is 0.925. The Morgan fingerprint density at radius 2 is 0.375 bits per heavy atom. The molecule has 0 saturated carbocycles. The van der Waals surface area contributed by atoms with Gasteiger partial charge < -0.3 is 0 Å². The Bertz CT molecular complexity index is 424. The Morgan fingerprint density at radius 1 is 0.225 bits per heavy atom. The monoisotopic (exact) mass is 560 g/mol. The van der Waals surface area contributed by atoms with Crippen LogP contribution >= 0.6 is 0 Å². The summed E-state index contributed by atoms with van der Waals surface area (Å²) in [6.07, 6.45) is 55.8. The van der Waals surface area contributed by atoms with Crippen LogP contribution in [0.4, 0.5) is 0 Å². The van der Waals surface area contributed by atoms with Gasteiger partial charge in [-0.25, -0.2) is 0 Å². The third-order valence-corrected chi connectivity index (χ3v) is 9.16. The van der Waals surface area contributed by atoms with Gasteiger partial charge in [-0.3, -0.25) is 0 Å². The molecule has 0 amide bonds. The van der Waals surface area contributed by atoms with Crippen molar-refractivity contribution < 1.29 is 0 Å². The van der Waals surface area contributed by atoms with Gasteiger partial charge in [-0.05, 0) is 12.8 Å². The zero-order valence-electron chi connectivity index (χ0n) is 28.2. The van der Waals surface area contributed by atoms with E-state index in [1.165, 1.54) is 231 Å². The molecule has 0 unspecified atom stereocenters. The van der Waals surface area contributed by atoms with Gasteiger partial charge >= 0.3 is 0 Å². The molecule has 0 aliphatic heterocycles. The highest BCUT2D eigenvalue weighted by molar-refractivity contribution is 4.65. The maximum atomic E-state index is 3.93. The molecule has 40 heavy (non-hydrogen) atoms. The molecule has 0 aromatic heterocycles. The highest BCUT2D eigenvalue weighted by Crippen LogP contribution is 2.17. The van der Waals surface area contributed by atoms with E-state index in [1.807, 2.05) is 0 Å². The summed E-state index contributed by atoms with van der Waals surface area (Å²) in [5.41, 5.74) is 0. The molecular weight excluding hydrogens is 480 g/mol. The van der Waals surface area contributed by atoms with Crippen molar-refractivity contribution in [2.75, 3.05) is 0 Å². The highest BCUT2D eigenvalue weighted by atomic mass is 14.0. The van der Waals surface area contributed by atoms with E-state index in [9.17, 15) is 0 Å². The van der Waals surface area contributed by atoms with Crippen LogP contribution in [0.3, 0.4) is 0 Å². The molecule has 0 heteroatoms. The Hall–Kier alpha value is -0.260. The molecule has 0 aliphatic rings. The van der Waals surface area contributed by atoms with E-state index < -0.39 is 0 Å². The lowest BCUT2D eigenvalue weighted by molar-refractivity contribution is 0.510. The molecule has 0 fully saturated rings. The number of allylic oxidation sites excluding steroid dienone is 1. The topological polar surface area (TPSA) is 0 Å². The van der Waals surface area contributed by atoms with E-state index in [0.717, 1.165) is 6.42 Å². The summed E-state index contributed by atoms with van der Waals surface area (Å²) < 4.78 is 0. The summed E-state index contributed by atoms with van der Waals surface area (Å²) in [6.45, 7) is 7.73. The van der Waals surface area contributed by atoms with Crippen molar-refractivity contribution in [3.8, 4) is 0 Å². The molecule has 0 saturated heterocycles. The summed E-state index contributed by atoms with van der Waals surface area (Å²) >= 11 is 0. The SMILES string of the molecule is [CH2]CCCCCCCCCCCCCCCCCCCCCCCCCCCCCCCCCCCCCC=C. The molecule has 0 bridgehead atoms. The third-order valence-electron chi connectivity index (χ3n) is 9.16. The largest absolute Gasteiger partial charge is 0.103 e. The highest BCUT2D eigenvalue weighted by Gasteiger charge is 1.97. The van der Waals surface area contributed by atoms with Crippen molar-refractivity contribution in [1.82, 2.24) is 0 Å². The molecule has 0 N–H and O–H groups in total. The van der Waals surface area contributed by atoms with E-state index in [1.54, 1.807) is 0 Å². The van der Waals surface area contributed by atoms with Gasteiger partial charge in [0.05, 0.1) is 0 Å². The average molecular weight is 560 g/mol. The first-order valence-corrected chi connectivity index (χ1v) is 19.3. The molecule has 0 aromatic rings. The summed E-state index contributed by atoms with van der Waals surface area (Å²) in [4.78, 5) is 0. The molecule has 0 atom stereocenters. The Kier molecular flexibility index (Phi) is 38.5. The summed E-state index contributed by atoms with van der Waals surface area (Å²) in [5, 5.41) is 0. The lowest BCUT2D eigenvalue weighted by Crippen LogP contribution is -1.85. The second kappa shape index (κ2) is 38.7. The van der Waals surface area contributed by atoms with Crippen LogP contribution < -0.4 is 0 Å². The van der Waals surface area contributed by atoms with Crippen LogP contribution in [0.1, 0.15) is 238 Å². The minimum Gasteiger partial charge on any atom is -0.103 e. The maximum Gasteiger partial charge on any atom is -0.0353 e. The predicted molar refractivity (Wildman–Crippen MR) is 186 cm³/mol. The fourth-order valence-corrected chi connectivity index (χ4v) is 6.30. The number of hydrogen-bond acceptors (Lipinski definition) is 0. The first-order valence-electron chi connectivity index (χ1n) is 19.3. The Balaban J connectivity index is 3.02. The van der Waals surface area contributed by atoms with E-state index in [0.29, 0.717) is 0 Å². The van der Waals surface area contributed by atoms with Crippen molar-refractivity contribution in [3.05, 3.63) is 19.6 Å². The van der Waals surface area contributed by atoms with Gasteiger partial charge in [0.1, 0.15) is 0 Å². The van der Waals surface area contributed by atoms with Crippen molar-refractivity contribution in [2.24, 2.45) is 0 Å². The Morgan fingerprint density at radius 3 is 0.525 bits per heavy atom. The molecule has 0 spiro atoms. The van der Waals surface area contributed by atoms with Crippen LogP contribution in [0, 0.1) is 6.92 Å². The minimum absolute atomic E-state index is 1.12. The second-order valence-electron chi connectivity index (χ2n) is 13.3. The minimum atomic E-state index is 1.12. The molecule has 0 rings (SSSR count). The first-order chi connectivity index (χ1) is 19.9. The number of unbranched alkanes of at least 4 members (excludes halogenated alkanes) is 36.